The highest BCUT2D eigenvalue weighted by molar-refractivity contribution is 7.99. The number of hydrogen-bond acceptors (Lipinski definition) is 2. The first-order valence-electron chi connectivity index (χ1n) is 4.95. The van der Waals surface area contributed by atoms with Gasteiger partial charge < -0.3 is 0 Å². The van der Waals surface area contributed by atoms with Gasteiger partial charge in [-0.05, 0) is 36.6 Å². The van der Waals surface area contributed by atoms with Crippen LogP contribution in [0.15, 0.2) is 18.3 Å². The monoisotopic (exact) mass is 227 g/mol. The van der Waals surface area contributed by atoms with Gasteiger partial charge in [0.25, 0.3) is 0 Å². The molecule has 2 rings (SSSR count). The van der Waals surface area contributed by atoms with Gasteiger partial charge in [0.15, 0.2) is 0 Å². The SMILES string of the molecule is CS[C@@H]1CCCC1c1ccc(Cl)nc1. The molecule has 0 spiro atoms. The van der Waals surface area contributed by atoms with E-state index in [-0.39, 0.29) is 0 Å². The maximum Gasteiger partial charge on any atom is 0.129 e. The molecular weight excluding hydrogens is 214 g/mol. The predicted octanol–water partition coefficient (Wildman–Crippen LogP) is 3.73. The summed E-state index contributed by atoms with van der Waals surface area (Å²) in [5, 5.41) is 1.37. The van der Waals surface area contributed by atoms with Gasteiger partial charge in [-0.25, -0.2) is 4.98 Å². The first kappa shape index (κ1) is 10.3. The molecule has 1 heterocycles. The topological polar surface area (TPSA) is 12.9 Å². The number of pyridine rings is 1. The minimum Gasteiger partial charge on any atom is -0.244 e. The summed E-state index contributed by atoms with van der Waals surface area (Å²) in [6.45, 7) is 0. The maximum absolute atomic E-state index is 5.77. The second-order valence-corrected chi connectivity index (χ2v) is 5.19. The van der Waals surface area contributed by atoms with Gasteiger partial charge in [-0.1, -0.05) is 24.1 Å². The summed E-state index contributed by atoms with van der Waals surface area (Å²) in [7, 11) is 0. The van der Waals surface area contributed by atoms with Crippen molar-refractivity contribution in [3.63, 3.8) is 0 Å². The first-order chi connectivity index (χ1) is 6.81. The van der Waals surface area contributed by atoms with Crippen molar-refractivity contribution in [2.75, 3.05) is 6.26 Å². The van der Waals surface area contributed by atoms with Crippen LogP contribution in [0, 0.1) is 0 Å². The van der Waals surface area contributed by atoms with E-state index in [0.717, 1.165) is 5.25 Å². The minimum atomic E-state index is 0.590. The molecule has 0 aliphatic heterocycles. The second kappa shape index (κ2) is 4.54. The van der Waals surface area contributed by atoms with Crippen LogP contribution in [0.2, 0.25) is 5.15 Å². The zero-order valence-electron chi connectivity index (χ0n) is 8.24. The third-order valence-electron chi connectivity index (χ3n) is 2.93. The van der Waals surface area contributed by atoms with Crippen molar-refractivity contribution in [3.05, 3.63) is 29.0 Å². The van der Waals surface area contributed by atoms with Gasteiger partial charge in [-0.2, -0.15) is 11.8 Å². The lowest BCUT2D eigenvalue weighted by molar-refractivity contribution is 0.733. The standard InChI is InChI=1S/C11H14ClNS/c1-14-10-4-2-3-9(10)8-5-6-11(12)13-7-8/h5-7,9-10H,2-4H2,1H3/t9?,10-/m1/s1. The van der Waals surface area contributed by atoms with Gasteiger partial charge in [-0.3, -0.25) is 0 Å². The van der Waals surface area contributed by atoms with Gasteiger partial charge in [0.05, 0.1) is 0 Å². The summed E-state index contributed by atoms with van der Waals surface area (Å²) in [6, 6.07) is 4.02. The smallest absolute Gasteiger partial charge is 0.129 e. The summed E-state index contributed by atoms with van der Waals surface area (Å²) in [6.07, 6.45) is 8.12. The Morgan fingerprint density at radius 1 is 1.43 bits per heavy atom. The Balaban J connectivity index is 2.17. The summed E-state index contributed by atoms with van der Waals surface area (Å²) in [5.41, 5.74) is 1.35. The van der Waals surface area contributed by atoms with Crippen LogP contribution in [0.5, 0.6) is 0 Å². The molecule has 0 saturated heterocycles. The van der Waals surface area contributed by atoms with Crippen LogP contribution in [-0.4, -0.2) is 16.5 Å². The third kappa shape index (κ3) is 2.06. The van der Waals surface area contributed by atoms with Crippen LogP contribution in [0.1, 0.15) is 30.7 Å². The molecule has 0 bridgehead atoms. The van der Waals surface area contributed by atoms with Crippen LogP contribution in [0.4, 0.5) is 0 Å². The Bertz CT molecular complexity index is 299. The minimum absolute atomic E-state index is 0.590. The van der Waals surface area contributed by atoms with Crippen molar-refractivity contribution in [1.29, 1.82) is 0 Å². The molecule has 1 saturated carbocycles. The first-order valence-corrected chi connectivity index (χ1v) is 6.62. The number of aromatic nitrogens is 1. The molecule has 76 valence electrons. The Kier molecular flexibility index (Phi) is 3.34. The number of halogens is 1. The van der Waals surface area contributed by atoms with E-state index in [0.29, 0.717) is 11.1 Å². The molecule has 1 aliphatic carbocycles. The molecule has 14 heavy (non-hydrogen) atoms. The van der Waals surface area contributed by atoms with Gasteiger partial charge in [0.1, 0.15) is 5.15 Å². The van der Waals surface area contributed by atoms with E-state index in [1.807, 2.05) is 24.0 Å². The van der Waals surface area contributed by atoms with Gasteiger partial charge in [-0.15, -0.1) is 0 Å². The van der Waals surface area contributed by atoms with E-state index in [4.69, 9.17) is 11.6 Å². The molecule has 1 aromatic heterocycles. The largest absolute Gasteiger partial charge is 0.244 e. The molecule has 0 radical (unpaired) electrons. The van der Waals surface area contributed by atoms with E-state index in [1.165, 1.54) is 24.8 Å². The van der Waals surface area contributed by atoms with E-state index in [1.54, 1.807) is 0 Å². The molecule has 3 heteroatoms. The van der Waals surface area contributed by atoms with Crippen LogP contribution < -0.4 is 0 Å². The molecule has 1 fully saturated rings. The normalized spacial score (nSPS) is 26.7. The van der Waals surface area contributed by atoms with Crippen LogP contribution in [0.3, 0.4) is 0 Å². The summed E-state index contributed by atoms with van der Waals surface area (Å²) < 4.78 is 0. The molecule has 1 aromatic rings. The second-order valence-electron chi connectivity index (χ2n) is 3.73. The number of nitrogens with zero attached hydrogens (tertiary/aromatic N) is 1. The third-order valence-corrected chi connectivity index (χ3v) is 4.33. The highest BCUT2D eigenvalue weighted by Crippen LogP contribution is 2.40. The fraction of sp³-hybridized carbons (Fsp3) is 0.545. The Labute approximate surface area is 94.3 Å². The molecule has 0 aromatic carbocycles. The highest BCUT2D eigenvalue weighted by atomic mass is 35.5. The van der Waals surface area contributed by atoms with Crippen molar-refractivity contribution in [2.45, 2.75) is 30.4 Å². The fourth-order valence-corrected chi connectivity index (χ4v) is 3.33. The molecule has 1 nitrogen and oxygen atoms in total. The van der Waals surface area contributed by atoms with E-state index >= 15 is 0 Å². The fourth-order valence-electron chi connectivity index (χ4n) is 2.20. The Hall–Kier alpha value is -0.210. The zero-order valence-corrected chi connectivity index (χ0v) is 9.81. The van der Waals surface area contributed by atoms with Crippen molar-refractivity contribution in [2.24, 2.45) is 0 Å². The maximum atomic E-state index is 5.77. The summed E-state index contributed by atoms with van der Waals surface area (Å²) in [4.78, 5) is 4.15. The number of rotatable bonds is 2. The molecular formula is C11H14ClNS. The lowest BCUT2D eigenvalue weighted by Crippen LogP contribution is -2.07. The summed E-state index contributed by atoms with van der Waals surface area (Å²) in [5.74, 6) is 0.690. The van der Waals surface area contributed by atoms with Crippen molar-refractivity contribution in [3.8, 4) is 0 Å². The van der Waals surface area contributed by atoms with E-state index < -0.39 is 0 Å². The Morgan fingerprint density at radius 2 is 2.29 bits per heavy atom. The van der Waals surface area contributed by atoms with Crippen molar-refractivity contribution >= 4 is 23.4 Å². The lowest BCUT2D eigenvalue weighted by atomic mass is 9.99. The van der Waals surface area contributed by atoms with E-state index in [9.17, 15) is 0 Å². The van der Waals surface area contributed by atoms with Crippen molar-refractivity contribution in [1.82, 2.24) is 4.98 Å². The van der Waals surface area contributed by atoms with Crippen LogP contribution in [0.25, 0.3) is 0 Å². The van der Waals surface area contributed by atoms with Crippen molar-refractivity contribution < 1.29 is 0 Å². The molecule has 0 N–H and O–H groups in total. The van der Waals surface area contributed by atoms with Crippen LogP contribution in [-0.2, 0) is 0 Å². The van der Waals surface area contributed by atoms with Gasteiger partial charge >= 0.3 is 0 Å². The van der Waals surface area contributed by atoms with E-state index in [2.05, 4.69) is 17.3 Å². The van der Waals surface area contributed by atoms with Crippen LogP contribution >= 0.6 is 23.4 Å². The average Bonchev–Trinajstić information content (AvgIpc) is 2.67. The summed E-state index contributed by atoms with van der Waals surface area (Å²) >= 11 is 7.75. The number of hydrogen-bond donors (Lipinski definition) is 0. The molecule has 1 unspecified atom stereocenters. The zero-order chi connectivity index (χ0) is 9.97. The number of thioether (sulfide) groups is 1. The quantitative estimate of drug-likeness (QED) is 0.714. The predicted molar refractivity (Wildman–Crippen MR) is 63.1 cm³/mol. The highest BCUT2D eigenvalue weighted by Gasteiger charge is 2.27. The average molecular weight is 228 g/mol. The molecule has 2 atom stereocenters. The molecule has 1 aliphatic rings. The van der Waals surface area contributed by atoms with Gasteiger partial charge in [0, 0.05) is 11.4 Å². The lowest BCUT2D eigenvalue weighted by Gasteiger charge is -2.17. The molecule has 0 amide bonds. The van der Waals surface area contributed by atoms with Gasteiger partial charge in [0.2, 0.25) is 0 Å². The Morgan fingerprint density at radius 3 is 2.93 bits per heavy atom.